The number of pyridine rings is 1. The van der Waals surface area contributed by atoms with E-state index in [9.17, 15) is 0 Å². The van der Waals surface area contributed by atoms with Gasteiger partial charge in [0.05, 0.1) is 11.2 Å². The van der Waals surface area contributed by atoms with Gasteiger partial charge < -0.3 is 5.32 Å². The van der Waals surface area contributed by atoms with Crippen molar-refractivity contribution in [3.8, 4) is 10.6 Å². The number of nitrogens with one attached hydrogen (secondary N) is 1. The second-order valence-corrected chi connectivity index (χ2v) is 5.59. The lowest BCUT2D eigenvalue weighted by Crippen LogP contribution is -2.13. The summed E-state index contributed by atoms with van der Waals surface area (Å²) in [6.45, 7) is 4.05. The number of thiazole rings is 1. The predicted molar refractivity (Wildman–Crippen MR) is 84.8 cm³/mol. The first-order valence-electron chi connectivity index (χ1n) is 6.87. The van der Waals surface area contributed by atoms with Gasteiger partial charge in [-0.05, 0) is 37.2 Å². The van der Waals surface area contributed by atoms with Gasteiger partial charge in [-0.15, -0.1) is 11.3 Å². The molecule has 0 aliphatic heterocycles. The fourth-order valence-electron chi connectivity index (χ4n) is 2.12. The fraction of sp³-hybridized carbons (Fsp3) is 0.250. The van der Waals surface area contributed by atoms with Crippen LogP contribution in [0.5, 0.6) is 0 Å². The average molecular weight is 283 g/mol. The largest absolute Gasteiger partial charge is 0.311 e. The standard InChI is InChI=1S/C16H17N3S/c1-2-7-17-10-14-11-20-16(19-14)13-5-6-15-12(9-13)4-3-8-18-15/h3-6,8-9,11,17H,2,7,10H2,1H3. The summed E-state index contributed by atoms with van der Waals surface area (Å²) < 4.78 is 0. The minimum absolute atomic E-state index is 0.847. The molecule has 0 unspecified atom stereocenters. The van der Waals surface area contributed by atoms with Gasteiger partial charge in [0.15, 0.2) is 0 Å². The van der Waals surface area contributed by atoms with Gasteiger partial charge in [-0.1, -0.05) is 13.0 Å². The monoisotopic (exact) mass is 283 g/mol. The predicted octanol–water partition coefficient (Wildman–Crippen LogP) is 3.86. The van der Waals surface area contributed by atoms with Crippen molar-refractivity contribution in [3.05, 3.63) is 47.6 Å². The van der Waals surface area contributed by atoms with Crippen LogP contribution in [0.1, 0.15) is 19.0 Å². The highest BCUT2D eigenvalue weighted by Crippen LogP contribution is 2.26. The molecule has 20 heavy (non-hydrogen) atoms. The molecular weight excluding hydrogens is 266 g/mol. The second-order valence-electron chi connectivity index (χ2n) is 4.73. The first kappa shape index (κ1) is 13.2. The van der Waals surface area contributed by atoms with Crippen LogP contribution < -0.4 is 5.32 Å². The van der Waals surface area contributed by atoms with Crippen LogP contribution in [0.15, 0.2) is 41.9 Å². The van der Waals surface area contributed by atoms with Crippen molar-refractivity contribution in [3.63, 3.8) is 0 Å². The molecule has 0 bridgehead atoms. The smallest absolute Gasteiger partial charge is 0.123 e. The van der Waals surface area contributed by atoms with Gasteiger partial charge in [0.1, 0.15) is 5.01 Å². The first-order chi connectivity index (χ1) is 9.86. The maximum Gasteiger partial charge on any atom is 0.123 e. The van der Waals surface area contributed by atoms with Crippen LogP contribution >= 0.6 is 11.3 Å². The maximum absolute atomic E-state index is 4.69. The lowest BCUT2D eigenvalue weighted by molar-refractivity contribution is 0.667. The van der Waals surface area contributed by atoms with E-state index < -0.39 is 0 Å². The van der Waals surface area contributed by atoms with Crippen LogP contribution in [0.4, 0.5) is 0 Å². The zero-order chi connectivity index (χ0) is 13.8. The van der Waals surface area contributed by atoms with Crippen molar-refractivity contribution >= 4 is 22.2 Å². The van der Waals surface area contributed by atoms with Crippen LogP contribution in [0.3, 0.4) is 0 Å². The highest BCUT2D eigenvalue weighted by Gasteiger charge is 2.05. The third kappa shape index (κ3) is 2.86. The van der Waals surface area contributed by atoms with E-state index in [-0.39, 0.29) is 0 Å². The molecule has 3 rings (SSSR count). The van der Waals surface area contributed by atoms with E-state index in [1.165, 1.54) is 0 Å². The Morgan fingerprint density at radius 1 is 1.25 bits per heavy atom. The van der Waals surface area contributed by atoms with Gasteiger partial charge in [-0.2, -0.15) is 0 Å². The molecule has 1 aromatic carbocycles. The Kier molecular flexibility index (Phi) is 4.04. The summed E-state index contributed by atoms with van der Waals surface area (Å²) in [5, 5.41) is 7.74. The quantitative estimate of drug-likeness (QED) is 0.723. The molecule has 0 radical (unpaired) electrons. The van der Waals surface area contributed by atoms with E-state index in [1.807, 2.05) is 12.3 Å². The molecule has 3 nitrogen and oxygen atoms in total. The molecule has 2 heterocycles. The normalized spacial score (nSPS) is 11.1. The Labute approximate surface area is 122 Å². The summed E-state index contributed by atoms with van der Waals surface area (Å²) in [5.41, 5.74) is 3.31. The highest BCUT2D eigenvalue weighted by molar-refractivity contribution is 7.13. The minimum Gasteiger partial charge on any atom is -0.311 e. The molecule has 0 amide bonds. The van der Waals surface area contributed by atoms with Crippen molar-refractivity contribution in [1.82, 2.24) is 15.3 Å². The Hall–Kier alpha value is -1.78. The van der Waals surface area contributed by atoms with Crippen molar-refractivity contribution in [1.29, 1.82) is 0 Å². The minimum atomic E-state index is 0.847. The van der Waals surface area contributed by atoms with E-state index >= 15 is 0 Å². The number of rotatable bonds is 5. The van der Waals surface area contributed by atoms with Gasteiger partial charge in [-0.25, -0.2) is 4.98 Å². The van der Waals surface area contributed by atoms with Crippen LogP contribution in [-0.2, 0) is 6.54 Å². The van der Waals surface area contributed by atoms with E-state index in [4.69, 9.17) is 4.98 Å². The van der Waals surface area contributed by atoms with Crippen molar-refractivity contribution in [2.45, 2.75) is 19.9 Å². The van der Waals surface area contributed by atoms with Crippen molar-refractivity contribution in [2.24, 2.45) is 0 Å². The third-order valence-corrected chi connectivity index (χ3v) is 4.07. The van der Waals surface area contributed by atoms with Gasteiger partial charge in [0.2, 0.25) is 0 Å². The molecule has 0 saturated heterocycles. The summed E-state index contributed by atoms with van der Waals surface area (Å²) in [7, 11) is 0. The molecular formula is C16H17N3S. The lowest BCUT2D eigenvalue weighted by Gasteiger charge is -2.00. The molecule has 0 aliphatic carbocycles. The number of hydrogen-bond acceptors (Lipinski definition) is 4. The number of fused-ring (bicyclic) bond motifs is 1. The SMILES string of the molecule is CCCNCc1csc(-c2ccc3ncccc3c2)n1. The van der Waals surface area contributed by atoms with Crippen LogP contribution in [-0.4, -0.2) is 16.5 Å². The first-order valence-corrected chi connectivity index (χ1v) is 7.75. The van der Waals surface area contributed by atoms with Gasteiger partial charge >= 0.3 is 0 Å². The summed E-state index contributed by atoms with van der Waals surface area (Å²) >= 11 is 1.70. The molecule has 1 N–H and O–H groups in total. The number of aromatic nitrogens is 2. The number of hydrogen-bond donors (Lipinski definition) is 1. The van der Waals surface area contributed by atoms with E-state index in [0.717, 1.165) is 46.7 Å². The van der Waals surface area contributed by atoms with Gasteiger partial charge in [0, 0.05) is 29.1 Å². The van der Waals surface area contributed by atoms with E-state index in [0.29, 0.717) is 0 Å². The molecule has 0 aliphatic rings. The molecule has 3 aromatic rings. The zero-order valence-electron chi connectivity index (χ0n) is 11.5. The molecule has 2 aromatic heterocycles. The topological polar surface area (TPSA) is 37.8 Å². The Balaban J connectivity index is 1.83. The Morgan fingerprint density at radius 2 is 2.20 bits per heavy atom. The number of nitrogens with zero attached hydrogens (tertiary/aromatic N) is 2. The Bertz CT molecular complexity index is 706. The molecule has 0 atom stereocenters. The summed E-state index contributed by atoms with van der Waals surface area (Å²) in [6, 6.07) is 10.4. The van der Waals surface area contributed by atoms with Crippen LogP contribution in [0.2, 0.25) is 0 Å². The highest BCUT2D eigenvalue weighted by atomic mass is 32.1. The summed E-state index contributed by atoms with van der Waals surface area (Å²) in [5.74, 6) is 0. The van der Waals surface area contributed by atoms with Crippen LogP contribution in [0, 0.1) is 0 Å². The van der Waals surface area contributed by atoms with Crippen molar-refractivity contribution in [2.75, 3.05) is 6.54 Å². The average Bonchev–Trinajstić information content (AvgIpc) is 2.96. The summed E-state index contributed by atoms with van der Waals surface area (Å²) in [4.78, 5) is 9.04. The lowest BCUT2D eigenvalue weighted by atomic mass is 10.1. The van der Waals surface area contributed by atoms with Crippen LogP contribution in [0.25, 0.3) is 21.5 Å². The van der Waals surface area contributed by atoms with E-state index in [2.05, 4.69) is 46.9 Å². The van der Waals surface area contributed by atoms with Gasteiger partial charge in [-0.3, -0.25) is 4.98 Å². The molecule has 0 spiro atoms. The molecule has 4 heteroatoms. The number of benzene rings is 1. The molecule has 102 valence electrons. The molecule has 0 fully saturated rings. The Morgan fingerprint density at radius 3 is 3.10 bits per heavy atom. The molecule has 0 saturated carbocycles. The van der Waals surface area contributed by atoms with E-state index in [1.54, 1.807) is 11.3 Å². The summed E-state index contributed by atoms with van der Waals surface area (Å²) in [6.07, 6.45) is 2.97. The third-order valence-electron chi connectivity index (χ3n) is 3.13. The van der Waals surface area contributed by atoms with Crippen molar-refractivity contribution < 1.29 is 0 Å². The second kappa shape index (κ2) is 6.11. The maximum atomic E-state index is 4.69. The zero-order valence-corrected chi connectivity index (χ0v) is 12.3. The van der Waals surface area contributed by atoms with Gasteiger partial charge in [0.25, 0.3) is 0 Å². The fourth-order valence-corrected chi connectivity index (χ4v) is 2.94.